The monoisotopic (exact) mass is 270 g/mol. The van der Waals surface area contributed by atoms with Gasteiger partial charge in [0, 0.05) is 23.3 Å². The number of hydrogen-bond donors (Lipinski definition) is 0. The first-order valence-electron chi connectivity index (χ1n) is 4.98. The molecule has 1 heterocycles. The van der Waals surface area contributed by atoms with E-state index in [1.807, 2.05) is 26.8 Å². The molecule has 0 unspecified atom stereocenters. The molecule has 0 N–H and O–H groups in total. The van der Waals surface area contributed by atoms with Gasteiger partial charge < -0.3 is 4.90 Å². The van der Waals surface area contributed by atoms with Crippen LogP contribution in [0.4, 0.5) is 0 Å². The van der Waals surface area contributed by atoms with Crippen LogP contribution in [0.2, 0.25) is 0 Å². The number of nitrogens with zero attached hydrogens (tertiary/aromatic N) is 2. The summed E-state index contributed by atoms with van der Waals surface area (Å²) in [6.07, 6.45) is 1.64. The zero-order valence-corrected chi connectivity index (χ0v) is 10.8. The summed E-state index contributed by atoms with van der Waals surface area (Å²) in [6.45, 7) is 6.67. The van der Waals surface area contributed by atoms with E-state index in [1.54, 1.807) is 17.2 Å². The molecular formula is C11H15BrN2O. The maximum atomic E-state index is 12.0. The van der Waals surface area contributed by atoms with Crippen LogP contribution in [0.25, 0.3) is 0 Å². The molecule has 0 radical (unpaired) electrons. The molecule has 0 aliphatic carbocycles. The van der Waals surface area contributed by atoms with E-state index in [2.05, 4.69) is 20.9 Å². The summed E-state index contributed by atoms with van der Waals surface area (Å²) in [5.74, 6) is -0.0139. The lowest BCUT2D eigenvalue weighted by atomic mass is 10.2. The van der Waals surface area contributed by atoms with Gasteiger partial charge in [0.25, 0.3) is 5.91 Å². The Hall–Kier alpha value is -0.900. The largest absolute Gasteiger partial charge is 0.335 e. The summed E-state index contributed by atoms with van der Waals surface area (Å²) in [6, 6.07) is 3.76. The maximum absolute atomic E-state index is 12.0. The summed E-state index contributed by atoms with van der Waals surface area (Å²) in [5.41, 5.74) is 0.494. The van der Waals surface area contributed by atoms with Gasteiger partial charge in [-0.2, -0.15) is 0 Å². The van der Waals surface area contributed by atoms with Gasteiger partial charge in [0.05, 0.1) is 0 Å². The molecule has 82 valence electrons. The molecule has 1 aromatic heterocycles. The Morgan fingerprint density at radius 1 is 1.53 bits per heavy atom. The molecule has 0 aliphatic rings. The third-order valence-electron chi connectivity index (χ3n) is 2.17. The lowest BCUT2D eigenvalue weighted by Crippen LogP contribution is -2.37. The summed E-state index contributed by atoms with van der Waals surface area (Å²) >= 11 is 3.29. The Morgan fingerprint density at radius 2 is 2.20 bits per heavy atom. The number of pyridine rings is 1. The van der Waals surface area contributed by atoms with Crippen LogP contribution >= 0.6 is 15.9 Å². The van der Waals surface area contributed by atoms with Crippen LogP contribution in [0.5, 0.6) is 0 Å². The van der Waals surface area contributed by atoms with Gasteiger partial charge in [-0.3, -0.25) is 4.79 Å². The molecule has 1 aromatic rings. The minimum atomic E-state index is -0.0139. The average Bonchev–Trinajstić information content (AvgIpc) is 2.19. The SMILES string of the molecule is CCN(C(=O)c1ccc(Br)cn1)C(C)C. The molecule has 3 nitrogen and oxygen atoms in total. The fraction of sp³-hybridized carbons (Fsp3) is 0.455. The molecular weight excluding hydrogens is 256 g/mol. The highest BCUT2D eigenvalue weighted by Crippen LogP contribution is 2.10. The number of hydrogen-bond acceptors (Lipinski definition) is 2. The lowest BCUT2D eigenvalue weighted by molar-refractivity contribution is 0.0711. The van der Waals surface area contributed by atoms with E-state index in [9.17, 15) is 4.79 Å². The Balaban J connectivity index is 2.88. The first-order chi connectivity index (χ1) is 7.06. The van der Waals surface area contributed by atoms with Crippen LogP contribution in [0.1, 0.15) is 31.3 Å². The minimum absolute atomic E-state index is 0.0139. The Kier molecular flexibility index (Phi) is 4.27. The molecule has 15 heavy (non-hydrogen) atoms. The van der Waals surface area contributed by atoms with E-state index in [0.29, 0.717) is 12.2 Å². The quantitative estimate of drug-likeness (QED) is 0.846. The van der Waals surface area contributed by atoms with Gasteiger partial charge in [0.1, 0.15) is 5.69 Å². The van der Waals surface area contributed by atoms with Crippen LogP contribution in [0.3, 0.4) is 0 Å². The van der Waals surface area contributed by atoms with Gasteiger partial charge in [-0.1, -0.05) is 0 Å². The molecule has 0 spiro atoms. The van der Waals surface area contributed by atoms with Crippen molar-refractivity contribution in [1.29, 1.82) is 0 Å². The number of aromatic nitrogens is 1. The van der Waals surface area contributed by atoms with Crippen molar-refractivity contribution < 1.29 is 4.79 Å². The van der Waals surface area contributed by atoms with E-state index >= 15 is 0 Å². The Bertz CT molecular complexity index is 335. The zero-order valence-electron chi connectivity index (χ0n) is 9.20. The fourth-order valence-corrected chi connectivity index (χ4v) is 1.63. The molecule has 0 saturated heterocycles. The molecule has 0 aliphatic heterocycles. The van der Waals surface area contributed by atoms with E-state index in [1.165, 1.54) is 0 Å². The van der Waals surface area contributed by atoms with E-state index in [4.69, 9.17) is 0 Å². The van der Waals surface area contributed by atoms with Crippen molar-refractivity contribution in [3.8, 4) is 0 Å². The first-order valence-corrected chi connectivity index (χ1v) is 5.78. The third kappa shape index (κ3) is 3.02. The second-order valence-corrected chi connectivity index (χ2v) is 4.46. The van der Waals surface area contributed by atoms with Crippen LogP contribution in [-0.4, -0.2) is 28.4 Å². The normalized spacial score (nSPS) is 10.5. The van der Waals surface area contributed by atoms with Crippen molar-refractivity contribution in [2.45, 2.75) is 26.8 Å². The van der Waals surface area contributed by atoms with Gasteiger partial charge in [0.2, 0.25) is 0 Å². The lowest BCUT2D eigenvalue weighted by Gasteiger charge is -2.24. The van der Waals surface area contributed by atoms with Crippen molar-refractivity contribution in [3.05, 3.63) is 28.5 Å². The number of halogens is 1. The van der Waals surface area contributed by atoms with E-state index in [0.717, 1.165) is 4.47 Å². The molecule has 0 saturated carbocycles. The topological polar surface area (TPSA) is 33.2 Å². The first kappa shape index (κ1) is 12.2. The van der Waals surface area contributed by atoms with Crippen LogP contribution in [-0.2, 0) is 0 Å². The van der Waals surface area contributed by atoms with Gasteiger partial charge >= 0.3 is 0 Å². The molecule has 1 rings (SSSR count). The molecule has 0 fully saturated rings. The Labute approximate surface area is 98.6 Å². The van der Waals surface area contributed by atoms with Crippen molar-refractivity contribution in [3.63, 3.8) is 0 Å². The maximum Gasteiger partial charge on any atom is 0.272 e. The zero-order chi connectivity index (χ0) is 11.4. The number of carbonyl (C=O) groups excluding carboxylic acids is 1. The molecule has 0 bridgehead atoms. The van der Waals surface area contributed by atoms with Gasteiger partial charge in [-0.15, -0.1) is 0 Å². The Morgan fingerprint density at radius 3 is 2.60 bits per heavy atom. The predicted octanol–water partition coefficient (Wildman–Crippen LogP) is 2.71. The van der Waals surface area contributed by atoms with Gasteiger partial charge in [-0.05, 0) is 48.8 Å². The van der Waals surface area contributed by atoms with Crippen molar-refractivity contribution in [1.82, 2.24) is 9.88 Å². The van der Waals surface area contributed by atoms with Gasteiger partial charge in [-0.25, -0.2) is 4.98 Å². The van der Waals surface area contributed by atoms with Crippen molar-refractivity contribution in [2.24, 2.45) is 0 Å². The number of carbonyl (C=O) groups is 1. The highest BCUT2D eigenvalue weighted by molar-refractivity contribution is 9.10. The van der Waals surface area contributed by atoms with E-state index in [-0.39, 0.29) is 11.9 Å². The number of amides is 1. The molecule has 4 heteroatoms. The fourth-order valence-electron chi connectivity index (χ4n) is 1.39. The van der Waals surface area contributed by atoms with E-state index < -0.39 is 0 Å². The summed E-state index contributed by atoms with van der Waals surface area (Å²) in [7, 11) is 0. The summed E-state index contributed by atoms with van der Waals surface area (Å²) in [4.78, 5) is 17.9. The van der Waals surface area contributed by atoms with Crippen LogP contribution < -0.4 is 0 Å². The van der Waals surface area contributed by atoms with Gasteiger partial charge in [0.15, 0.2) is 0 Å². The second-order valence-electron chi connectivity index (χ2n) is 3.55. The second kappa shape index (κ2) is 5.26. The third-order valence-corrected chi connectivity index (χ3v) is 2.64. The minimum Gasteiger partial charge on any atom is -0.335 e. The number of rotatable bonds is 3. The predicted molar refractivity (Wildman–Crippen MR) is 63.8 cm³/mol. The van der Waals surface area contributed by atoms with Crippen molar-refractivity contribution >= 4 is 21.8 Å². The standard InChI is InChI=1S/C11H15BrN2O/c1-4-14(8(2)3)11(15)10-6-5-9(12)7-13-10/h5-8H,4H2,1-3H3. The summed E-state index contributed by atoms with van der Waals surface area (Å²) < 4.78 is 0.881. The summed E-state index contributed by atoms with van der Waals surface area (Å²) in [5, 5.41) is 0. The highest BCUT2D eigenvalue weighted by Gasteiger charge is 2.17. The average molecular weight is 271 g/mol. The van der Waals surface area contributed by atoms with Crippen molar-refractivity contribution in [2.75, 3.05) is 6.54 Å². The molecule has 0 atom stereocenters. The van der Waals surface area contributed by atoms with Crippen LogP contribution in [0.15, 0.2) is 22.8 Å². The highest BCUT2D eigenvalue weighted by atomic mass is 79.9. The smallest absolute Gasteiger partial charge is 0.272 e. The molecule has 1 amide bonds. The van der Waals surface area contributed by atoms with Crippen LogP contribution in [0, 0.1) is 0 Å². The molecule has 0 aromatic carbocycles.